The molecule has 0 radical (unpaired) electrons. The van der Waals surface area contributed by atoms with Gasteiger partial charge in [0.15, 0.2) is 23.0 Å². The van der Waals surface area contributed by atoms with Crippen molar-refractivity contribution in [1.82, 2.24) is 20.1 Å². The number of hydrogen-bond donors (Lipinski definition) is 4. The van der Waals surface area contributed by atoms with Gasteiger partial charge < -0.3 is 29.6 Å². The number of carbonyl (C=O) groups excluding carboxylic acids is 2. The Labute approximate surface area is 244 Å². The maximum Gasteiger partial charge on any atom is 0.328 e. The van der Waals surface area contributed by atoms with Crippen LogP contribution >= 0.6 is 0 Å². The quantitative estimate of drug-likeness (QED) is 0.270. The number of urea groups is 2. The molecule has 230 valence electrons. The van der Waals surface area contributed by atoms with Crippen LogP contribution in [0, 0.1) is 0 Å². The third-order valence-corrected chi connectivity index (χ3v) is 8.66. The van der Waals surface area contributed by atoms with Crippen molar-refractivity contribution in [1.29, 1.82) is 0 Å². The number of amides is 4. The Bertz CT molecular complexity index is 1460. The summed E-state index contributed by atoms with van der Waals surface area (Å²) in [6, 6.07) is 6.43. The fourth-order valence-corrected chi connectivity index (χ4v) is 6.07. The Kier molecular flexibility index (Phi) is 8.68. The highest BCUT2D eigenvalue weighted by atomic mass is 32.2. The lowest BCUT2D eigenvalue weighted by atomic mass is 10.2. The summed E-state index contributed by atoms with van der Waals surface area (Å²) >= 11 is 0. The van der Waals surface area contributed by atoms with Gasteiger partial charge in [-0.3, -0.25) is 0 Å². The SMILES string of the molecule is CC1(C)Oc2ccc(S(=O)(=O)NC(=O)NCCCCCCNC(=O)NS(=O)(=O)c3ccc4c(c3)OC(C)(C)O4)cc2O1. The van der Waals surface area contributed by atoms with E-state index in [1.165, 1.54) is 36.4 Å². The van der Waals surface area contributed by atoms with Gasteiger partial charge in [0.2, 0.25) is 11.6 Å². The fraction of sp³-hybridized carbons (Fsp3) is 0.462. The van der Waals surface area contributed by atoms with E-state index in [1.807, 2.05) is 9.44 Å². The van der Waals surface area contributed by atoms with Crippen molar-refractivity contribution < 1.29 is 45.4 Å². The van der Waals surface area contributed by atoms with E-state index >= 15 is 0 Å². The first-order valence-corrected chi connectivity index (χ1v) is 16.2. The van der Waals surface area contributed by atoms with Crippen molar-refractivity contribution >= 4 is 32.1 Å². The molecule has 2 heterocycles. The van der Waals surface area contributed by atoms with Gasteiger partial charge in [0.05, 0.1) is 9.79 Å². The molecule has 42 heavy (non-hydrogen) atoms. The predicted octanol–water partition coefficient (Wildman–Crippen LogP) is 2.94. The third kappa shape index (κ3) is 7.88. The lowest BCUT2D eigenvalue weighted by molar-refractivity contribution is -0.0437. The maximum absolute atomic E-state index is 12.5. The van der Waals surface area contributed by atoms with Gasteiger partial charge in [-0.1, -0.05) is 12.8 Å². The minimum atomic E-state index is -4.12. The Morgan fingerprint density at radius 3 is 1.33 bits per heavy atom. The molecule has 4 N–H and O–H groups in total. The molecule has 2 aromatic carbocycles. The molecule has 2 aromatic rings. The van der Waals surface area contributed by atoms with Crippen LogP contribution in [0.25, 0.3) is 0 Å². The van der Waals surface area contributed by atoms with E-state index in [0.29, 0.717) is 37.2 Å². The molecule has 0 unspecified atom stereocenters. The Morgan fingerprint density at radius 2 is 0.952 bits per heavy atom. The van der Waals surface area contributed by atoms with Gasteiger partial charge in [-0.15, -0.1) is 0 Å². The molecule has 4 rings (SSSR count). The van der Waals surface area contributed by atoms with Crippen molar-refractivity contribution in [2.24, 2.45) is 0 Å². The van der Waals surface area contributed by atoms with E-state index < -0.39 is 43.7 Å². The van der Waals surface area contributed by atoms with Crippen LogP contribution in [0.2, 0.25) is 0 Å². The molecule has 0 atom stereocenters. The highest BCUT2D eigenvalue weighted by Gasteiger charge is 2.34. The summed E-state index contributed by atoms with van der Waals surface area (Å²) in [5.41, 5.74) is 0. The van der Waals surface area contributed by atoms with Crippen molar-refractivity contribution in [3.05, 3.63) is 36.4 Å². The second-order valence-electron chi connectivity index (χ2n) is 10.6. The zero-order valence-corrected chi connectivity index (χ0v) is 25.2. The topological polar surface area (TPSA) is 187 Å². The summed E-state index contributed by atoms with van der Waals surface area (Å²) in [6.07, 6.45) is 2.49. The van der Waals surface area contributed by atoms with E-state index in [0.717, 1.165) is 0 Å². The van der Waals surface area contributed by atoms with E-state index in [1.54, 1.807) is 27.7 Å². The van der Waals surface area contributed by atoms with Crippen LogP contribution in [0.3, 0.4) is 0 Å². The van der Waals surface area contributed by atoms with Crippen LogP contribution in [-0.4, -0.2) is 53.6 Å². The van der Waals surface area contributed by atoms with E-state index in [4.69, 9.17) is 18.9 Å². The Morgan fingerprint density at radius 1 is 0.595 bits per heavy atom. The smallest absolute Gasteiger partial charge is 0.328 e. The first-order chi connectivity index (χ1) is 19.6. The van der Waals surface area contributed by atoms with Gasteiger partial charge >= 0.3 is 12.1 Å². The molecule has 0 saturated carbocycles. The Hall–Kier alpha value is -3.92. The molecule has 0 aliphatic carbocycles. The monoisotopic (exact) mass is 626 g/mol. The lowest BCUT2D eigenvalue weighted by Gasteiger charge is -2.16. The number of carbonyl (C=O) groups is 2. The highest BCUT2D eigenvalue weighted by Crippen LogP contribution is 2.41. The zero-order chi connectivity index (χ0) is 30.8. The normalized spacial score (nSPS) is 16.0. The van der Waals surface area contributed by atoms with Crippen molar-refractivity contribution in [2.75, 3.05) is 13.1 Å². The second kappa shape index (κ2) is 11.8. The maximum atomic E-state index is 12.5. The summed E-state index contributed by atoms with van der Waals surface area (Å²) in [7, 11) is -8.24. The molecule has 16 heteroatoms. The molecule has 0 aromatic heterocycles. The van der Waals surface area contributed by atoms with Crippen molar-refractivity contribution in [2.45, 2.75) is 74.7 Å². The third-order valence-electron chi connectivity index (χ3n) is 6.00. The molecular formula is C26H34N4O10S2. The van der Waals surface area contributed by atoms with Crippen LogP contribution in [0.15, 0.2) is 46.2 Å². The molecule has 2 aliphatic heterocycles. The fourth-order valence-electron chi connectivity index (χ4n) is 4.18. The first kappa shape index (κ1) is 31.0. The van der Waals surface area contributed by atoms with Crippen molar-refractivity contribution in [3.8, 4) is 23.0 Å². The molecule has 2 aliphatic rings. The highest BCUT2D eigenvalue weighted by molar-refractivity contribution is 7.90. The predicted molar refractivity (Wildman–Crippen MR) is 149 cm³/mol. The second-order valence-corrected chi connectivity index (χ2v) is 13.9. The first-order valence-electron chi connectivity index (χ1n) is 13.2. The van der Waals surface area contributed by atoms with Gasteiger partial charge in [-0.25, -0.2) is 35.9 Å². The van der Waals surface area contributed by atoms with Crippen LogP contribution in [0.5, 0.6) is 23.0 Å². The summed E-state index contributed by atoms with van der Waals surface area (Å²) in [6.45, 7) is 7.23. The van der Waals surface area contributed by atoms with Crippen LogP contribution in [-0.2, 0) is 20.0 Å². The zero-order valence-electron chi connectivity index (χ0n) is 23.6. The average molecular weight is 627 g/mol. The number of ether oxygens (including phenoxy) is 4. The molecule has 0 spiro atoms. The number of sulfonamides is 2. The van der Waals surface area contributed by atoms with Gasteiger partial charge in [0, 0.05) is 52.9 Å². The number of benzene rings is 2. The van der Waals surface area contributed by atoms with Crippen LogP contribution in [0.4, 0.5) is 9.59 Å². The lowest BCUT2D eigenvalue weighted by Crippen LogP contribution is -2.40. The number of rotatable bonds is 11. The minimum absolute atomic E-state index is 0.137. The number of nitrogens with one attached hydrogen (secondary N) is 4. The molecule has 14 nitrogen and oxygen atoms in total. The van der Waals surface area contributed by atoms with Gasteiger partial charge in [0.25, 0.3) is 20.0 Å². The van der Waals surface area contributed by atoms with Crippen LogP contribution in [0.1, 0.15) is 53.4 Å². The molecule has 0 fully saturated rings. The standard InChI is InChI=1S/C26H34N4O10S2/c1-25(2)37-19-11-9-17(15-21(19)39-25)41(33,34)29-23(31)27-13-7-5-6-8-14-28-24(32)30-42(35,36)18-10-12-20-22(16-18)40-26(3,4)38-20/h9-12,15-16H,5-8,13-14H2,1-4H3,(H2,27,29,31)(H2,28,30,32). The number of unbranched alkanes of at least 4 members (excludes halogenated alkanes) is 3. The molecule has 4 amide bonds. The van der Waals surface area contributed by atoms with E-state index in [9.17, 15) is 26.4 Å². The summed E-state index contributed by atoms with van der Waals surface area (Å²) in [4.78, 5) is 23.9. The summed E-state index contributed by atoms with van der Waals surface area (Å²) in [5, 5.41) is 4.99. The van der Waals surface area contributed by atoms with Gasteiger partial charge in [-0.05, 0) is 37.1 Å². The Balaban J connectivity index is 1.10. The van der Waals surface area contributed by atoms with Gasteiger partial charge in [-0.2, -0.15) is 0 Å². The summed E-state index contributed by atoms with van der Waals surface area (Å²) in [5.74, 6) is -0.460. The van der Waals surface area contributed by atoms with Gasteiger partial charge in [0.1, 0.15) is 0 Å². The molecule has 0 bridgehead atoms. The minimum Gasteiger partial charge on any atom is -0.449 e. The van der Waals surface area contributed by atoms with E-state index in [-0.39, 0.29) is 34.4 Å². The number of fused-ring (bicyclic) bond motifs is 2. The van der Waals surface area contributed by atoms with E-state index in [2.05, 4.69) is 10.6 Å². The molecule has 0 saturated heterocycles. The number of hydrogen-bond acceptors (Lipinski definition) is 10. The van der Waals surface area contributed by atoms with Crippen LogP contribution < -0.4 is 39.0 Å². The average Bonchev–Trinajstić information content (AvgIpc) is 3.36. The largest absolute Gasteiger partial charge is 0.449 e. The summed E-state index contributed by atoms with van der Waals surface area (Å²) < 4.78 is 76.3. The molecular weight excluding hydrogens is 592 g/mol. The van der Waals surface area contributed by atoms with Crippen molar-refractivity contribution in [3.63, 3.8) is 0 Å².